The molecule has 1 saturated heterocycles. The van der Waals surface area contributed by atoms with Gasteiger partial charge < -0.3 is 9.47 Å². The standard InChI is InChI=1S/C17H13F21O2/c18-8(19,5-9(20,21)12(26,27)16(34,35)17(36,37)38)11(24,25)14(30,31)15(32,33)13(28,29)10(22,23)6-40-7-3-1-2-4-39-7/h7H,1-6H2. The van der Waals surface area contributed by atoms with E-state index in [2.05, 4.69) is 9.47 Å². The second kappa shape index (κ2) is 10.3. The number of alkyl halides is 21. The fraction of sp³-hybridized carbons (Fsp3) is 1.00. The van der Waals surface area contributed by atoms with Gasteiger partial charge in [0.1, 0.15) is 6.61 Å². The van der Waals surface area contributed by atoms with Crippen molar-refractivity contribution in [3.8, 4) is 0 Å². The van der Waals surface area contributed by atoms with Gasteiger partial charge in [0.15, 0.2) is 6.29 Å². The van der Waals surface area contributed by atoms with E-state index in [-0.39, 0.29) is 25.9 Å². The molecule has 40 heavy (non-hydrogen) atoms. The highest BCUT2D eigenvalue weighted by molar-refractivity contribution is 5.13. The van der Waals surface area contributed by atoms with Gasteiger partial charge in [-0.05, 0) is 19.3 Å². The molecule has 1 rings (SSSR count). The minimum atomic E-state index is -8.60. The highest BCUT2D eigenvalue weighted by Crippen LogP contribution is 2.63. The SMILES string of the molecule is FC(F)(F)C(F)(F)C(F)(F)C(F)(F)CC(F)(F)C(F)(F)C(F)(F)C(F)(F)C(F)(F)C(F)(F)COC1CCCCO1. The van der Waals surface area contributed by atoms with Gasteiger partial charge in [-0.1, -0.05) is 0 Å². The molecule has 240 valence electrons. The Bertz CT molecular complexity index is 871. The molecule has 1 heterocycles. The average molecular weight is 648 g/mol. The fourth-order valence-electron chi connectivity index (χ4n) is 2.89. The summed E-state index contributed by atoms with van der Waals surface area (Å²) in [6.45, 7) is -3.30. The Balaban J connectivity index is 3.42. The molecular weight excluding hydrogens is 635 g/mol. The van der Waals surface area contributed by atoms with Crippen molar-refractivity contribution in [2.75, 3.05) is 13.2 Å². The maximum Gasteiger partial charge on any atom is 0.460 e. The molecule has 2 nitrogen and oxygen atoms in total. The second-order valence-corrected chi connectivity index (χ2v) is 8.34. The van der Waals surface area contributed by atoms with Crippen LogP contribution >= 0.6 is 0 Å². The molecule has 0 aromatic heterocycles. The molecule has 0 N–H and O–H groups in total. The largest absolute Gasteiger partial charge is 0.460 e. The Labute approximate surface area is 207 Å². The molecule has 0 bridgehead atoms. The molecule has 0 spiro atoms. The van der Waals surface area contributed by atoms with Gasteiger partial charge in [0, 0.05) is 6.61 Å². The highest BCUT2D eigenvalue weighted by atomic mass is 19.4. The minimum Gasteiger partial charge on any atom is -0.353 e. The first-order valence-electron chi connectivity index (χ1n) is 9.99. The van der Waals surface area contributed by atoms with E-state index in [1.165, 1.54) is 0 Å². The topological polar surface area (TPSA) is 18.5 Å². The third-order valence-electron chi connectivity index (χ3n) is 5.34. The first-order valence-corrected chi connectivity index (χ1v) is 9.99. The fourth-order valence-corrected chi connectivity index (χ4v) is 2.89. The number of hydrogen-bond acceptors (Lipinski definition) is 2. The lowest BCUT2D eigenvalue weighted by Gasteiger charge is -2.42. The first kappa shape index (κ1) is 36.5. The lowest BCUT2D eigenvalue weighted by Crippen LogP contribution is -2.72. The zero-order chi connectivity index (χ0) is 32.2. The van der Waals surface area contributed by atoms with Crippen LogP contribution in [-0.2, 0) is 9.47 Å². The van der Waals surface area contributed by atoms with Gasteiger partial charge in [0.25, 0.3) is 0 Å². The number of ether oxygens (including phenoxy) is 2. The molecule has 1 atom stereocenters. The molecule has 1 fully saturated rings. The molecule has 0 radical (unpaired) electrons. The van der Waals surface area contributed by atoms with Crippen molar-refractivity contribution in [2.45, 2.75) is 91.5 Å². The maximum absolute atomic E-state index is 13.8. The average Bonchev–Trinajstić information content (AvgIpc) is 2.76. The summed E-state index contributed by atoms with van der Waals surface area (Å²) in [5, 5.41) is 0. The van der Waals surface area contributed by atoms with E-state index in [1.54, 1.807) is 0 Å². The zero-order valence-electron chi connectivity index (χ0n) is 18.6. The van der Waals surface area contributed by atoms with Crippen LogP contribution in [0.15, 0.2) is 0 Å². The van der Waals surface area contributed by atoms with Crippen LogP contribution in [0.25, 0.3) is 0 Å². The van der Waals surface area contributed by atoms with Gasteiger partial charge >= 0.3 is 59.5 Å². The van der Waals surface area contributed by atoms with Gasteiger partial charge in [-0.2, -0.15) is 92.2 Å². The Hall–Kier alpha value is -1.55. The van der Waals surface area contributed by atoms with Crippen LogP contribution in [-0.4, -0.2) is 79.0 Å². The molecule has 1 unspecified atom stereocenters. The monoisotopic (exact) mass is 648 g/mol. The van der Waals surface area contributed by atoms with Crippen molar-refractivity contribution in [1.29, 1.82) is 0 Å². The Morgan fingerprint density at radius 1 is 0.475 bits per heavy atom. The number of hydrogen-bond donors (Lipinski definition) is 0. The van der Waals surface area contributed by atoms with E-state index in [9.17, 15) is 92.2 Å². The van der Waals surface area contributed by atoms with E-state index in [4.69, 9.17) is 0 Å². The molecule has 0 aromatic rings. The van der Waals surface area contributed by atoms with Crippen LogP contribution in [0.3, 0.4) is 0 Å². The molecule has 23 heteroatoms. The zero-order valence-corrected chi connectivity index (χ0v) is 18.6. The van der Waals surface area contributed by atoms with Crippen LogP contribution in [0.2, 0.25) is 0 Å². The van der Waals surface area contributed by atoms with Crippen molar-refractivity contribution in [1.82, 2.24) is 0 Å². The molecule has 0 aliphatic carbocycles. The van der Waals surface area contributed by atoms with Gasteiger partial charge in [-0.25, -0.2) is 0 Å². The van der Waals surface area contributed by atoms with E-state index >= 15 is 0 Å². The van der Waals surface area contributed by atoms with Crippen LogP contribution < -0.4 is 0 Å². The van der Waals surface area contributed by atoms with E-state index in [0.717, 1.165) is 0 Å². The van der Waals surface area contributed by atoms with Crippen LogP contribution in [0.4, 0.5) is 92.2 Å². The van der Waals surface area contributed by atoms with Gasteiger partial charge in [-0.3, -0.25) is 0 Å². The summed E-state index contributed by atoms with van der Waals surface area (Å²) in [5.41, 5.74) is 0. The maximum atomic E-state index is 13.8. The smallest absolute Gasteiger partial charge is 0.353 e. The molecule has 1 aliphatic rings. The van der Waals surface area contributed by atoms with E-state index in [1.807, 2.05) is 0 Å². The molecule has 0 saturated carbocycles. The van der Waals surface area contributed by atoms with Gasteiger partial charge in [0.2, 0.25) is 0 Å². The van der Waals surface area contributed by atoms with E-state index < -0.39 is 78.8 Å². The summed E-state index contributed by atoms with van der Waals surface area (Å²) in [4.78, 5) is 0. The first-order chi connectivity index (χ1) is 17.3. The lowest BCUT2D eigenvalue weighted by molar-refractivity contribution is -0.438. The summed E-state index contributed by atoms with van der Waals surface area (Å²) in [6, 6.07) is 0. The van der Waals surface area contributed by atoms with Crippen molar-refractivity contribution >= 4 is 0 Å². The minimum absolute atomic E-state index is 0.0980. The van der Waals surface area contributed by atoms with Crippen LogP contribution in [0.1, 0.15) is 25.7 Å². The van der Waals surface area contributed by atoms with Gasteiger partial charge in [0.05, 0.1) is 6.42 Å². The third kappa shape index (κ3) is 5.60. The summed E-state index contributed by atoms with van der Waals surface area (Å²) < 4.78 is 288. The van der Waals surface area contributed by atoms with Crippen molar-refractivity contribution < 1.29 is 102 Å². The Kier molecular flexibility index (Phi) is 9.41. The summed E-state index contributed by atoms with van der Waals surface area (Å²) in [7, 11) is 0. The highest BCUT2D eigenvalue weighted by Gasteiger charge is 2.91. The summed E-state index contributed by atoms with van der Waals surface area (Å²) in [5.74, 6) is -72.0. The van der Waals surface area contributed by atoms with E-state index in [0.29, 0.717) is 0 Å². The third-order valence-corrected chi connectivity index (χ3v) is 5.34. The number of rotatable bonds is 12. The lowest BCUT2D eigenvalue weighted by atomic mass is 9.88. The molecule has 0 amide bonds. The van der Waals surface area contributed by atoms with Crippen molar-refractivity contribution in [3.05, 3.63) is 0 Å². The van der Waals surface area contributed by atoms with Crippen LogP contribution in [0, 0.1) is 0 Å². The number of halogens is 21. The van der Waals surface area contributed by atoms with Crippen molar-refractivity contribution in [3.63, 3.8) is 0 Å². The normalized spacial score (nSPS) is 20.2. The Morgan fingerprint density at radius 2 is 0.850 bits per heavy atom. The van der Waals surface area contributed by atoms with Gasteiger partial charge in [-0.15, -0.1) is 0 Å². The predicted octanol–water partition coefficient (Wildman–Crippen LogP) is 8.20. The Morgan fingerprint density at radius 3 is 1.20 bits per heavy atom. The van der Waals surface area contributed by atoms with Crippen molar-refractivity contribution in [2.24, 2.45) is 0 Å². The summed E-state index contributed by atoms with van der Waals surface area (Å²) in [6.07, 6.45) is -14.8. The quantitative estimate of drug-likeness (QED) is 0.199. The summed E-state index contributed by atoms with van der Waals surface area (Å²) >= 11 is 0. The molecule has 1 aliphatic heterocycles. The second-order valence-electron chi connectivity index (χ2n) is 8.34. The molecule has 0 aromatic carbocycles. The molecular formula is C17H13F21O2. The predicted molar refractivity (Wildman–Crippen MR) is 84.7 cm³/mol. The van der Waals surface area contributed by atoms with Crippen LogP contribution in [0.5, 0.6) is 0 Å².